The molecule has 3 rings (SSSR count). The molecule has 0 fully saturated rings. The van der Waals surface area contributed by atoms with Crippen molar-refractivity contribution in [2.45, 2.75) is 6.54 Å². The highest BCUT2D eigenvalue weighted by atomic mass is 16.5. The molecule has 2 aromatic carbocycles. The maximum Gasteiger partial charge on any atom is 0.161 e. The smallest absolute Gasteiger partial charge is 0.161 e. The first kappa shape index (κ1) is 14.1. The number of phenols is 2. The molecule has 3 aromatic rings. The van der Waals surface area contributed by atoms with Gasteiger partial charge >= 0.3 is 0 Å². The lowest BCUT2D eigenvalue weighted by atomic mass is 10.2. The number of aromatic nitrogens is 1. The highest BCUT2D eigenvalue weighted by Gasteiger charge is 2.09. The Bertz CT molecular complexity index is 823. The average molecular weight is 299 g/mol. The quantitative estimate of drug-likeness (QED) is 0.777. The fourth-order valence-corrected chi connectivity index (χ4v) is 2.52. The van der Waals surface area contributed by atoms with Gasteiger partial charge in [0.05, 0.1) is 19.7 Å². The van der Waals surface area contributed by atoms with E-state index in [0.29, 0.717) is 18.0 Å². The molecule has 5 nitrogen and oxygen atoms in total. The number of rotatable bonds is 4. The number of methoxy groups -OCH3 is 2. The zero-order valence-corrected chi connectivity index (χ0v) is 12.4. The molecule has 0 amide bonds. The molecule has 0 spiro atoms. The SMILES string of the molecule is COc1cc(Cn2ccc3cc(OC)c(O)cc32)ccc1O. The van der Waals surface area contributed by atoms with Gasteiger partial charge in [-0.1, -0.05) is 6.07 Å². The van der Waals surface area contributed by atoms with E-state index in [9.17, 15) is 10.2 Å². The van der Waals surface area contributed by atoms with E-state index in [2.05, 4.69) is 0 Å². The summed E-state index contributed by atoms with van der Waals surface area (Å²) >= 11 is 0. The summed E-state index contributed by atoms with van der Waals surface area (Å²) in [6.07, 6.45) is 1.95. The van der Waals surface area contributed by atoms with Crippen molar-refractivity contribution >= 4 is 10.9 Å². The molecule has 0 aliphatic rings. The molecule has 0 radical (unpaired) electrons. The number of phenolic OH excluding ortho intramolecular Hbond substituents is 2. The minimum Gasteiger partial charge on any atom is -0.504 e. The second-order valence-corrected chi connectivity index (χ2v) is 5.03. The van der Waals surface area contributed by atoms with Gasteiger partial charge in [-0.25, -0.2) is 0 Å². The molecular weight excluding hydrogens is 282 g/mol. The molecule has 0 aliphatic carbocycles. The van der Waals surface area contributed by atoms with Crippen molar-refractivity contribution in [3.8, 4) is 23.0 Å². The van der Waals surface area contributed by atoms with E-state index < -0.39 is 0 Å². The van der Waals surface area contributed by atoms with Crippen molar-refractivity contribution in [2.24, 2.45) is 0 Å². The van der Waals surface area contributed by atoms with Gasteiger partial charge in [0.2, 0.25) is 0 Å². The molecular formula is C17H17NO4. The van der Waals surface area contributed by atoms with Crippen LogP contribution in [0.25, 0.3) is 10.9 Å². The average Bonchev–Trinajstić information content (AvgIpc) is 2.90. The van der Waals surface area contributed by atoms with Crippen LogP contribution in [0.3, 0.4) is 0 Å². The van der Waals surface area contributed by atoms with Gasteiger partial charge in [0.25, 0.3) is 0 Å². The highest BCUT2D eigenvalue weighted by molar-refractivity contribution is 5.84. The third-order valence-electron chi connectivity index (χ3n) is 3.67. The van der Waals surface area contributed by atoms with Crippen LogP contribution in [0.15, 0.2) is 42.6 Å². The van der Waals surface area contributed by atoms with Gasteiger partial charge in [-0.05, 0) is 29.8 Å². The molecule has 1 heterocycles. The van der Waals surface area contributed by atoms with Crippen molar-refractivity contribution in [3.05, 3.63) is 48.2 Å². The Morgan fingerprint density at radius 2 is 1.64 bits per heavy atom. The Morgan fingerprint density at radius 1 is 0.909 bits per heavy atom. The molecule has 114 valence electrons. The summed E-state index contributed by atoms with van der Waals surface area (Å²) in [5.41, 5.74) is 1.90. The van der Waals surface area contributed by atoms with E-state index in [1.807, 2.05) is 22.9 Å². The number of nitrogens with zero attached hydrogens (tertiary/aromatic N) is 1. The number of hydrogen-bond donors (Lipinski definition) is 2. The maximum atomic E-state index is 9.94. The molecule has 1 aromatic heterocycles. The number of hydrogen-bond acceptors (Lipinski definition) is 4. The molecule has 5 heteroatoms. The molecule has 22 heavy (non-hydrogen) atoms. The largest absolute Gasteiger partial charge is 0.504 e. The number of fused-ring (bicyclic) bond motifs is 1. The summed E-state index contributed by atoms with van der Waals surface area (Å²) in [5.74, 6) is 1.12. The van der Waals surface area contributed by atoms with Gasteiger partial charge in [0, 0.05) is 24.2 Å². The second kappa shape index (κ2) is 5.52. The van der Waals surface area contributed by atoms with Crippen LogP contribution < -0.4 is 9.47 Å². The monoisotopic (exact) mass is 299 g/mol. The first-order valence-electron chi connectivity index (χ1n) is 6.84. The number of aromatic hydroxyl groups is 2. The molecule has 2 N–H and O–H groups in total. The van der Waals surface area contributed by atoms with Crippen LogP contribution in [-0.4, -0.2) is 29.0 Å². The maximum absolute atomic E-state index is 9.94. The second-order valence-electron chi connectivity index (χ2n) is 5.03. The number of ether oxygens (including phenoxy) is 2. The van der Waals surface area contributed by atoms with E-state index in [1.54, 1.807) is 24.3 Å². The van der Waals surface area contributed by atoms with Crippen molar-refractivity contribution in [1.82, 2.24) is 4.57 Å². The Kier molecular flexibility index (Phi) is 3.55. The van der Waals surface area contributed by atoms with Crippen LogP contribution in [0, 0.1) is 0 Å². The zero-order valence-electron chi connectivity index (χ0n) is 12.4. The van der Waals surface area contributed by atoms with Gasteiger partial charge < -0.3 is 24.3 Å². The van der Waals surface area contributed by atoms with Crippen molar-refractivity contribution in [2.75, 3.05) is 14.2 Å². The van der Waals surface area contributed by atoms with Crippen molar-refractivity contribution in [3.63, 3.8) is 0 Å². The summed E-state index contributed by atoms with van der Waals surface area (Å²) < 4.78 is 12.3. The third kappa shape index (κ3) is 2.41. The Hall–Kier alpha value is -2.82. The van der Waals surface area contributed by atoms with Crippen LogP contribution in [0.5, 0.6) is 23.0 Å². The first-order valence-corrected chi connectivity index (χ1v) is 6.84. The van der Waals surface area contributed by atoms with Gasteiger partial charge in [0.1, 0.15) is 0 Å². The van der Waals surface area contributed by atoms with Crippen LogP contribution in [0.1, 0.15) is 5.56 Å². The van der Waals surface area contributed by atoms with E-state index in [0.717, 1.165) is 16.5 Å². The minimum atomic E-state index is 0.109. The van der Waals surface area contributed by atoms with E-state index >= 15 is 0 Å². The summed E-state index contributed by atoms with van der Waals surface area (Å²) in [5, 5.41) is 20.6. The zero-order chi connectivity index (χ0) is 15.7. The molecule has 0 unspecified atom stereocenters. The van der Waals surface area contributed by atoms with Crippen LogP contribution in [0.2, 0.25) is 0 Å². The topological polar surface area (TPSA) is 63.9 Å². The summed E-state index contributed by atoms with van der Waals surface area (Å²) in [6.45, 7) is 0.603. The lowest BCUT2D eigenvalue weighted by Crippen LogP contribution is -1.98. The molecule has 0 atom stereocenters. The fourth-order valence-electron chi connectivity index (χ4n) is 2.52. The van der Waals surface area contributed by atoms with Gasteiger partial charge in [0.15, 0.2) is 23.0 Å². The van der Waals surface area contributed by atoms with Gasteiger partial charge in [-0.3, -0.25) is 0 Å². The van der Waals surface area contributed by atoms with E-state index in [4.69, 9.17) is 9.47 Å². The Morgan fingerprint density at radius 3 is 2.36 bits per heavy atom. The van der Waals surface area contributed by atoms with Crippen molar-refractivity contribution < 1.29 is 19.7 Å². The van der Waals surface area contributed by atoms with Crippen LogP contribution >= 0.6 is 0 Å². The summed E-state index contributed by atoms with van der Waals surface area (Å²) in [4.78, 5) is 0. The molecule has 0 saturated carbocycles. The molecule has 0 bridgehead atoms. The normalized spacial score (nSPS) is 10.8. The molecule has 0 aliphatic heterocycles. The lowest BCUT2D eigenvalue weighted by molar-refractivity contribution is 0.373. The fraction of sp³-hybridized carbons (Fsp3) is 0.176. The Balaban J connectivity index is 1.99. The van der Waals surface area contributed by atoms with Gasteiger partial charge in [-0.15, -0.1) is 0 Å². The number of benzene rings is 2. The van der Waals surface area contributed by atoms with Gasteiger partial charge in [-0.2, -0.15) is 0 Å². The lowest BCUT2D eigenvalue weighted by Gasteiger charge is -2.10. The third-order valence-corrected chi connectivity index (χ3v) is 3.67. The van der Waals surface area contributed by atoms with E-state index in [-0.39, 0.29) is 11.5 Å². The van der Waals surface area contributed by atoms with E-state index in [1.165, 1.54) is 14.2 Å². The van der Waals surface area contributed by atoms with Crippen molar-refractivity contribution in [1.29, 1.82) is 0 Å². The Labute approximate surface area is 127 Å². The predicted molar refractivity (Wildman–Crippen MR) is 83.9 cm³/mol. The summed E-state index contributed by atoms with van der Waals surface area (Å²) in [6, 6.07) is 10.7. The molecule has 0 saturated heterocycles. The van der Waals surface area contributed by atoms with Crippen LogP contribution in [-0.2, 0) is 6.54 Å². The predicted octanol–water partition coefficient (Wildman–Crippen LogP) is 3.12. The highest BCUT2D eigenvalue weighted by Crippen LogP contribution is 2.32. The first-order chi connectivity index (χ1) is 10.6. The standard InChI is InChI=1S/C17H17NO4/c1-21-16-7-11(3-4-14(16)19)10-18-6-5-12-8-17(22-2)15(20)9-13(12)18/h3-9,19-20H,10H2,1-2H3. The minimum absolute atomic E-state index is 0.109. The van der Waals surface area contributed by atoms with Crippen LogP contribution in [0.4, 0.5) is 0 Å². The summed E-state index contributed by atoms with van der Waals surface area (Å²) in [7, 11) is 3.05.